The molecule has 0 atom stereocenters. The lowest BCUT2D eigenvalue weighted by molar-refractivity contribution is 0.0947. The molecular weight excluding hydrogens is 264 g/mol. The molecule has 0 aliphatic carbocycles. The monoisotopic (exact) mass is 284 g/mol. The van der Waals surface area contributed by atoms with Crippen molar-refractivity contribution in [3.63, 3.8) is 0 Å². The van der Waals surface area contributed by atoms with Crippen LogP contribution < -0.4 is 10.2 Å². The second kappa shape index (κ2) is 7.38. The molecule has 1 heterocycles. The van der Waals surface area contributed by atoms with E-state index in [1.54, 1.807) is 12.1 Å². The van der Waals surface area contributed by atoms with Gasteiger partial charge in [0.1, 0.15) is 0 Å². The molecule has 0 bridgehead atoms. The normalized spacial score (nSPS) is 10.2. The van der Waals surface area contributed by atoms with Gasteiger partial charge in [-0.1, -0.05) is 31.5 Å². The van der Waals surface area contributed by atoms with E-state index in [1.807, 2.05) is 42.3 Å². The van der Waals surface area contributed by atoms with Gasteiger partial charge in [-0.3, -0.25) is 4.79 Å². The minimum atomic E-state index is -0.176. The molecule has 0 radical (unpaired) electrons. The summed E-state index contributed by atoms with van der Waals surface area (Å²) in [5.41, 5.74) is 1.36. The van der Waals surface area contributed by atoms with Crippen LogP contribution in [0.1, 0.15) is 30.3 Å². The van der Waals surface area contributed by atoms with Crippen molar-refractivity contribution in [2.24, 2.45) is 0 Å². The second-order valence-electron chi connectivity index (χ2n) is 4.78. The fourth-order valence-corrected chi connectivity index (χ4v) is 1.88. The number of rotatable bonds is 6. The average Bonchev–Trinajstić information content (AvgIpc) is 2.55. The zero-order valence-corrected chi connectivity index (χ0v) is 12.4. The molecule has 5 nitrogen and oxygen atoms in total. The zero-order chi connectivity index (χ0) is 15.1. The van der Waals surface area contributed by atoms with E-state index in [0.29, 0.717) is 18.1 Å². The highest BCUT2D eigenvalue weighted by atomic mass is 16.1. The molecule has 2 aromatic rings. The van der Waals surface area contributed by atoms with E-state index in [1.165, 1.54) is 0 Å². The van der Waals surface area contributed by atoms with Crippen molar-refractivity contribution in [2.45, 2.75) is 19.8 Å². The summed E-state index contributed by atoms with van der Waals surface area (Å²) in [4.78, 5) is 13.8. The highest BCUT2D eigenvalue weighted by Crippen LogP contribution is 2.20. The van der Waals surface area contributed by atoms with Crippen molar-refractivity contribution < 1.29 is 4.79 Å². The van der Waals surface area contributed by atoms with Gasteiger partial charge < -0.3 is 10.2 Å². The Hall–Kier alpha value is -2.43. The van der Waals surface area contributed by atoms with Gasteiger partial charge in [0, 0.05) is 19.3 Å². The molecule has 0 saturated heterocycles. The summed E-state index contributed by atoms with van der Waals surface area (Å²) in [5, 5.41) is 10.9. The lowest BCUT2D eigenvalue weighted by Gasteiger charge is -2.17. The van der Waals surface area contributed by atoms with Crippen LogP contribution in [-0.4, -0.2) is 29.7 Å². The van der Waals surface area contributed by atoms with Crippen LogP contribution in [0.3, 0.4) is 0 Å². The maximum Gasteiger partial charge on any atom is 0.271 e. The highest BCUT2D eigenvalue weighted by Gasteiger charge is 2.10. The zero-order valence-electron chi connectivity index (χ0n) is 12.4. The molecule has 1 N–H and O–H groups in total. The summed E-state index contributed by atoms with van der Waals surface area (Å²) in [6.07, 6.45) is 2.01. The Kier molecular flexibility index (Phi) is 5.26. The van der Waals surface area contributed by atoms with Crippen LogP contribution in [0.2, 0.25) is 0 Å². The van der Waals surface area contributed by atoms with Gasteiger partial charge in [0.15, 0.2) is 11.5 Å². The molecular formula is C16H20N4O. The number of hydrogen-bond acceptors (Lipinski definition) is 4. The van der Waals surface area contributed by atoms with Crippen molar-refractivity contribution in [1.82, 2.24) is 15.5 Å². The van der Waals surface area contributed by atoms with Gasteiger partial charge in [-0.15, -0.1) is 10.2 Å². The van der Waals surface area contributed by atoms with E-state index in [9.17, 15) is 4.79 Å². The highest BCUT2D eigenvalue weighted by molar-refractivity contribution is 5.92. The first-order valence-electron chi connectivity index (χ1n) is 7.13. The largest absolute Gasteiger partial charge is 0.351 e. The molecule has 0 saturated carbocycles. The number of benzene rings is 1. The lowest BCUT2D eigenvalue weighted by Crippen LogP contribution is -2.25. The minimum absolute atomic E-state index is 0.176. The summed E-state index contributed by atoms with van der Waals surface area (Å²) in [7, 11) is 1.92. The third-order valence-corrected chi connectivity index (χ3v) is 3.19. The standard InChI is InChI=1S/C16H20N4O/c1-3-4-12-17-16(21)14-10-11-15(19-18-14)20(2)13-8-6-5-7-9-13/h5-11H,3-4,12H2,1-2H3,(H,17,21). The number of anilines is 2. The minimum Gasteiger partial charge on any atom is -0.351 e. The maximum absolute atomic E-state index is 11.8. The Balaban J connectivity index is 2.03. The molecule has 0 aliphatic rings. The number of unbranched alkanes of at least 4 members (excludes halogenated alkanes) is 1. The first-order chi connectivity index (χ1) is 10.2. The van der Waals surface area contributed by atoms with Crippen molar-refractivity contribution in [3.8, 4) is 0 Å². The second-order valence-corrected chi connectivity index (χ2v) is 4.78. The molecule has 1 aromatic carbocycles. The number of nitrogens with zero attached hydrogens (tertiary/aromatic N) is 3. The lowest BCUT2D eigenvalue weighted by atomic mass is 10.3. The fraction of sp³-hybridized carbons (Fsp3) is 0.312. The predicted molar refractivity (Wildman–Crippen MR) is 83.8 cm³/mol. The van der Waals surface area contributed by atoms with E-state index >= 15 is 0 Å². The first kappa shape index (κ1) is 15.0. The number of carbonyl (C=O) groups excluding carboxylic acids is 1. The summed E-state index contributed by atoms with van der Waals surface area (Å²) in [6.45, 7) is 2.75. The predicted octanol–water partition coefficient (Wildman–Crippen LogP) is 2.77. The fourth-order valence-electron chi connectivity index (χ4n) is 1.88. The van der Waals surface area contributed by atoms with Crippen molar-refractivity contribution in [1.29, 1.82) is 0 Å². The summed E-state index contributed by atoms with van der Waals surface area (Å²) in [6, 6.07) is 13.4. The van der Waals surface area contributed by atoms with Crippen LogP contribution in [0.15, 0.2) is 42.5 Å². The molecule has 110 valence electrons. The van der Waals surface area contributed by atoms with Gasteiger partial charge in [0.05, 0.1) is 0 Å². The van der Waals surface area contributed by atoms with Crippen LogP contribution in [0.25, 0.3) is 0 Å². The molecule has 21 heavy (non-hydrogen) atoms. The van der Waals surface area contributed by atoms with Crippen LogP contribution in [0.4, 0.5) is 11.5 Å². The third-order valence-electron chi connectivity index (χ3n) is 3.19. The molecule has 0 spiro atoms. The van der Waals surface area contributed by atoms with Gasteiger partial charge in [0.25, 0.3) is 5.91 Å². The SMILES string of the molecule is CCCCNC(=O)c1ccc(N(C)c2ccccc2)nn1. The van der Waals surface area contributed by atoms with Crippen LogP contribution in [0.5, 0.6) is 0 Å². The smallest absolute Gasteiger partial charge is 0.271 e. The maximum atomic E-state index is 11.8. The van der Waals surface area contributed by atoms with E-state index in [2.05, 4.69) is 22.4 Å². The van der Waals surface area contributed by atoms with Gasteiger partial charge in [-0.05, 0) is 30.7 Å². The topological polar surface area (TPSA) is 58.1 Å². The van der Waals surface area contributed by atoms with Crippen molar-refractivity contribution >= 4 is 17.4 Å². The Labute approximate surface area is 125 Å². The number of carbonyl (C=O) groups is 1. The van der Waals surface area contributed by atoms with Crippen molar-refractivity contribution in [3.05, 3.63) is 48.2 Å². The Bertz CT molecular complexity index is 569. The number of para-hydroxylation sites is 1. The molecule has 1 aromatic heterocycles. The third kappa shape index (κ3) is 4.02. The van der Waals surface area contributed by atoms with Crippen molar-refractivity contribution in [2.75, 3.05) is 18.5 Å². The Morgan fingerprint density at radius 1 is 1.14 bits per heavy atom. The summed E-state index contributed by atoms with van der Waals surface area (Å²) in [5.74, 6) is 0.524. The first-order valence-corrected chi connectivity index (χ1v) is 7.13. The van der Waals surface area contributed by atoms with Crippen LogP contribution in [-0.2, 0) is 0 Å². The van der Waals surface area contributed by atoms with E-state index in [-0.39, 0.29) is 5.91 Å². The van der Waals surface area contributed by atoms with Gasteiger partial charge in [-0.2, -0.15) is 0 Å². The molecule has 0 aliphatic heterocycles. The number of aromatic nitrogens is 2. The number of hydrogen-bond donors (Lipinski definition) is 1. The van der Waals surface area contributed by atoms with E-state index < -0.39 is 0 Å². The summed E-state index contributed by atoms with van der Waals surface area (Å²) < 4.78 is 0. The van der Waals surface area contributed by atoms with Crippen LogP contribution >= 0.6 is 0 Å². The Morgan fingerprint density at radius 3 is 2.52 bits per heavy atom. The van der Waals surface area contributed by atoms with Gasteiger partial charge in [-0.25, -0.2) is 0 Å². The number of amides is 1. The molecule has 2 rings (SSSR count). The molecule has 5 heteroatoms. The molecule has 0 unspecified atom stereocenters. The molecule has 1 amide bonds. The van der Waals surface area contributed by atoms with Crippen LogP contribution in [0, 0.1) is 0 Å². The van der Waals surface area contributed by atoms with Gasteiger partial charge in [0.2, 0.25) is 0 Å². The van der Waals surface area contributed by atoms with E-state index in [0.717, 1.165) is 18.5 Å². The summed E-state index contributed by atoms with van der Waals surface area (Å²) >= 11 is 0. The Morgan fingerprint density at radius 2 is 1.90 bits per heavy atom. The molecule has 0 fully saturated rings. The van der Waals surface area contributed by atoms with E-state index in [4.69, 9.17) is 0 Å². The number of nitrogens with one attached hydrogen (secondary N) is 1. The average molecular weight is 284 g/mol. The quantitative estimate of drug-likeness (QED) is 0.829. The van der Waals surface area contributed by atoms with Gasteiger partial charge >= 0.3 is 0 Å².